The Balaban J connectivity index is 2.62. The van der Waals surface area contributed by atoms with Gasteiger partial charge in [-0.3, -0.25) is 4.79 Å². The highest BCUT2D eigenvalue weighted by atomic mass is 32.1. The molecule has 0 aliphatic heterocycles. The topological polar surface area (TPSA) is 64.8 Å². The maximum absolute atomic E-state index is 12.3. The second-order valence-electron chi connectivity index (χ2n) is 4.61. The molecule has 0 radical (unpaired) electrons. The molecule has 0 heterocycles. The van der Waals surface area contributed by atoms with Gasteiger partial charge in [0, 0.05) is 26.6 Å². The van der Waals surface area contributed by atoms with E-state index < -0.39 is 0 Å². The van der Waals surface area contributed by atoms with Crippen LogP contribution in [0.1, 0.15) is 12.0 Å². The summed E-state index contributed by atoms with van der Waals surface area (Å²) in [5.74, 6) is 0.810. The van der Waals surface area contributed by atoms with Crippen molar-refractivity contribution in [3.8, 4) is 5.75 Å². The molecule has 0 atom stereocenters. The van der Waals surface area contributed by atoms with Crippen LogP contribution in [0.25, 0.3) is 0 Å². The predicted octanol–water partition coefficient (Wildman–Crippen LogP) is 1.39. The minimum Gasteiger partial charge on any atom is -0.497 e. The lowest BCUT2D eigenvalue weighted by molar-refractivity contribution is -0.131. The van der Waals surface area contributed by atoms with E-state index in [1.807, 2.05) is 24.3 Å². The first-order chi connectivity index (χ1) is 10.1. The van der Waals surface area contributed by atoms with Crippen molar-refractivity contribution >= 4 is 23.1 Å². The van der Waals surface area contributed by atoms with Gasteiger partial charge >= 0.3 is 0 Å². The number of nitrogens with two attached hydrogens (primary N) is 1. The molecule has 5 nitrogen and oxygen atoms in total. The van der Waals surface area contributed by atoms with Gasteiger partial charge in [-0.2, -0.15) is 0 Å². The number of hydrogen-bond donors (Lipinski definition) is 1. The number of ether oxygens (including phenoxy) is 2. The lowest BCUT2D eigenvalue weighted by Crippen LogP contribution is -2.37. The predicted molar refractivity (Wildman–Crippen MR) is 86.6 cm³/mol. The Labute approximate surface area is 131 Å². The quantitative estimate of drug-likeness (QED) is 0.698. The van der Waals surface area contributed by atoms with Crippen LogP contribution >= 0.6 is 12.2 Å². The Kier molecular flexibility index (Phi) is 7.71. The Morgan fingerprint density at radius 2 is 1.90 bits per heavy atom. The molecular formula is C15H22N2O3S. The Bertz CT molecular complexity index is 462. The molecule has 21 heavy (non-hydrogen) atoms. The lowest BCUT2D eigenvalue weighted by atomic mass is 10.1. The van der Waals surface area contributed by atoms with Gasteiger partial charge in [0.05, 0.1) is 25.1 Å². The Hall–Kier alpha value is -1.66. The highest BCUT2D eigenvalue weighted by Crippen LogP contribution is 2.12. The van der Waals surface area contributed by atoms with Gasteiger partial charge in [0.25, 0.3) is 0 Å². The summed E-state index contributed by atoms with van der Waals surface area (Å²) in [6, 6.07) is 7.46. The molecule has 1 aromatic carbocycles. The largest absolute Gasteiger partial charge is 0.497 e. The third-order valence-electron chi connectivity index (χ3n) is 3.06. The second-order valence-corrected chi connectivity index (χ2v) is 5.14. The fraction of sp³-hybridized carbons (Fsp3) is 0.467. The summed E-state index contributed by atoms with van der Waals surface area (Å²) in [5.41, 5.74) is 6.45. The summed E-state index contributed by atoms with van der Waals surface area (Å²) in [7, 11) is 3.22. The van der Waals surface area contributed by atoms with Crippen molar-refractivity contribution < 1.29 is 14.3 Å². The van der Waals surface area contributed by atoms with E-state index in [1.54, 1.807) is 19.1 Å². The van der Waals surface area contributed by atoms with Gasteiger partial charge in [0.2, 0.25) is 5.91 Å². The van der Waals surface area contributed by atoms with Gasteiger partial charge in [-0.15, -0.1) is 0 Å². The summed E-state index contributed by atoms with van der Waals surface area (Å²) in [6.07, 6.45) is 0.860. The number of methoxy groups -OCH3 is 2. The van der Waals surface area contributed by atoms with Gasteiger partial charge in [-0.25, -0.2) is 0 Å². The second kappa shape index (κ2) is 9.31. The first kappa shape index (κ1) is 17.4. The lowest BCUT2D eigenvalue weighted by Gasteiger charge is -2.22. The molecular weight excluding hydrogens is 288 g/mol. The fourth-order valence-corrected chi connectivity index (χ4v) is 1.93. The maximum atomic E-state index is 12.3. The van der Waals surface area contributed by atoms with E-state index in [-0.39, 0.29) is 5.91 Å². The van der Waals surface area contributed by atoms with E-state index in [0.717, 1.165) is 11.3 Å². The third-order valence-corrected chi connectivity index (χ3v) is 3.26. The molecule has 0 unspecified atom stereocenters. The van der Waals surface area contributed by atoms with Crippen molar-refractivity contribution in [1.29, 1.82) is 0 Å². The summed E-state index contributed by atoms with van der Waals surface area (Å²) < 4.78 is 10.1. The molecule has 6 heteroatoms. The van der Waals surface area contributed by atoms with E-state index in [2.05, 4.69) is 0 Å². The molecule has 0 saturated carbocycles. The van der Waals surface area contributed by atoms with Crippen molar-refractivity contribution in [3.05, 3.63) is 29.8 Å². The van der Waals surface area contributed by atoms with Crippen molar-refractivity contribution in [1.82, 2.24) is 4.90 Å². The highest BCUT2D eigenvalue weighted by Gasteiger charge is 2.14. The summed E-state index contributed by atoms with van der Waals surface area (Å²) in [6.45, 7) is 1.55. The van der Waals surface area contributed by atoms with Gasteiger partial charge in [-0.1, -0.05) is 24.4 Å². The first-order valence-electron chi connectivity index (χ1n) is 6.74. The van der Waals surface area contributed by atoms with Crippen LogP contribution in [-0.2, 0) is 16.0 Å². The summed E-state index contributed by atoms with van der Waals surface area (Å²) in [4.78, 5) is 14.5. The van der Waals surface area contributed by atoms with Gasteiger partial charge < -0.3 is 20.1 Å². The van der Waals surface area contributed by atoms with E-state index in [9.17, 15) is 4.79 Å². The minimum atomic E-state index is 0.0356. The summed E-state index contributed by atoms with van der Waals surface area (Å²) in [5, 5.41) is 0. The molecule has 0 aromatic heterocycles. The van der Waals surface area contributed by atoms with Crippen LogP contribution in [0.15, 0.2) is 24.3 Å². The van der Waals surface area contributed by atoms with Crippen LogP contribution in [0.4, 0.5) is 0 Å². The van der Waals surface area contributed by atoms with Crippen molar-refractivity contribution in [3.63, 3.8) is 0 Å². The number of hydrogen-bond acceptors (Lipinski definition) is 4. The number of rotatable bonds is 9. The molecule has 0 aliphatic rings. The zero-order valence-electron chi connectivity index (χ0n) is 12.5. The van der Waals surface area contributed by atoms with Crippen LogP contribution in [0, 0.1) is 0 Å². The molecule has 0 spiro atoms. The SMILES string of the molecule is COCCN(CCC(N)=S)C(=O)Cc1ccc(OC)cc1. The smallest absolute Gasteiger partial charge is 0.227 e. The normalized spacial score (nSPS) is 10.2. The highest BCUT2D eigenvalue weighted by molar-refractivity contribution is 7.80. The van der Waals surface area contributed by atoms with E-state index in [0.29, 0.717) is 37.5 Å². The molecule has 1 amide bonds. The maximum Gasteiger partial charge on any atom is 0.227 e. The van der Waals surface area contributed by atoms with Crippen molar-refractivity contribution in [2.45, 2.75) is 12.8 Å². The van der Waals surface area contributed by atoms with Crippen LogP contribution in [0.3, 0.4) is 0 Å². The molecule has 0 bridgehead atoms. The Morgan fingerprint density at radius 1 is 1.24 bits per heavy atom. The molecule has 0 fully saturated rings. The van der Waals surface area contributed by atoms with Crippen LogP contribution in [0.5, 0.6) is 5.75 Å². The van der Waals surface area contributed by atoms with Crippen molar-refractivity contribution in [2.24, 2.45) is 5.73 Å². The molecule has 116 valence electrons. The molecule has 0 saturated heterocycles. The number of carbonyl (C=O) groups is 1. The number of carbonyl (C=O) groups excluding carboxylic acids is 1. The van der Waals surface area contributed by atoms with Crippen LogP contribution < -0.4 is 10.5 Å². The monoisotopic (exact) mass is 310 g/mol. The van der Waals surface area contributed by atoms with E-state index in [4.69, 9.17) is 27.4 Å². The standard InChI is InChI=1S/C15H22N2O3S/c1-19-10-9-17(8-7-14(16)21)15(18)11-12-3-5-13(20-2)6-4-12/h3-6H,7-11H2,1-2H3,(H2,16,21). The molecule has 2 N–H and O–H groups in total. The van der Waals surface area contributed by atoms with Crippen LogP contribution in [0.2, 0.25) is 0 Å². The first-order valence-corrected chi connectivity index (χ1v) is 7.15. The zero-order valence-corrected chi connectivity index (χ0v) is 13.3. The van der Waals surface area contributed by atoms with Gasteiger partial charge in [0.1, 0.15) is 5.75 Å². The van der Waals surface area contributed by atoms with Gasteiger partial charge in [0.15, 0.2) is 0 Å². The zero-order chi connectivity index (χ0) is 15.7. The third kappa shape index (κ3) is 6.55. The number of thiocarbonyl (C=S) groups is 1. The molecule has 1 aromatic rings. The number of amides is 1. The fourth-order valence-electron chi connectivity index (χ4n) is 1.84. The van der Waals surface area contributed by atoms with E-state index in [1.165, 1.54) is 0 Å². The van der Waals surface area contributed by atoms with E-state index >= 15 is 0 Å². The number of benzene rings is 1. The number of nitrogens with zero attached hydrogens (tertiary/aromatic N) is 1. The minimum absolute atomic E-state index is 0.0356. The summed E-state index contributed by atoms with van der Waals surface area (Å²) >= 11 is 4.87. The average Bonchev–Trinajstić information content (AvgIpc) is 2.47. The van der Waals surface area contributed by atoms with Crippen LogP contribution in [-0.4, -0.2) is 49.7 Å². The van der Waals surface area contributed by atoms with Crippen molar-refractivity contribution in [2.75, 3.05) is 33.9 Å². The average molecular weight is 310 g/mol. The molecule has 1 rings (SSSR count). The van der Waals surface area contributed by atoms with Gasteiger partial charge in [-0.05, 0) is 17.7 Å². The Morgan fingerprint density at radius 3 is 2.43 bits per heavy atom. The molecule has 0 aliphatic carbocycles.